The first-order valence-corrected chi connectivity index (χ1v) is 28.0. The van der Waals surface area contributed by atoms with Gasteiger partial charge in [0.2, 0.25) is 0 Å². The normalized spacial score (nSPS) is 11.8. The fraction of sp³-hybridized carbons (Fsp3) is 0.964. The van der Waals surface area contributed by atoms with Gasteiger partial charge in [-0.1, -0.05) is 207 Å². The lowest BCUT2D eigenvalue weighted by atomic mass is 9.90. The van der Waals surface area contributed by atoms with E-state index in [-0.39, 0.29) is 11.9 Å². The standard InChI is InChI=1S/C56H112N2O4/c1-7-11-15-25-39-53(40-26-16-12-8-2)43-31-37-51-61-55(59)45-29-21-19-23-33-48-58(50-36-35-47-57(5)6)49-34-24-20-22-30-46-56(60)62-52-38-32-44-54(41-27-17-13-9-3)42-28-18-14-10-4/h53-54H,7-52H2,1-6H3. The summed E-state index contributed by atoms with van der Waals surface area (Å²) >= 11 is 0. The summed E-state index contributed by atoms with van der Waals surface area (Å²) in [7, 11) is 4.34. The Balaban J connectivity index is 4.14. The highest BCUT2D eigenvalue weighted by Crippen LogP contribution is 2.25. The van der Waals surface area contributed by atoms with Crippen molar-refractivity contribution < 1.29 is 19.1 Å². The zero-order chi connectivity index (χ0) is 45.4. The smallest absolute Gasteiger partial charge is 0.305 e. The molecule has 6 nitrogen and oxygen atoms in total. The van der Waals surface area contributed by atoms with Crippen LogP contribution in [0.1, 0.15) is 285 Å². The number of ether oxygens (including phenoxy) is 2. The maximum atomic E-state index is 12.4. The van der Waals surface area contributed by atoms with E-state index >= 15 is 0 Å². The molecule has 0 heterocycles. The van der Waals surface area contributed by atoms with Gasteiger partial charge in [0.25, 0.3) is 0 Å². The second-order valence-corrected chi connectivity index (χ2v) is 19.9. The van der Waals surface area contributed by atoms with Gasteiger partial charge in [-0.25, -0.2) is 0 Å². The molecular formula is C56H112N2O4. The predicted molar refractivity (Wildman–Crippen MR) is 271 cm³/mol. The molecule has 0 unspecified atom stereocenters. The second-order valence-electron chi connectivity index (χ2n) is 19.9. The molecule has 0 saturated heterocycles. The molecule has 0 aromatic heterocycles. The minimum atomic E-state index is 0.00936. The molecule has 0 radical (unpaired) electrons. The van der Waals surface area contributed by atoms with E-state index in [1.165, 1.54) is 225 Å². The number of unbranched alkanes of at least 4 members (excludes halogenated alkanes) is 23. The van der Waals surface area contributed by atoms with E-state index in [1.54, 1.807) is 0 Å². The van der Waals surface area contributed by atoms with Crippen molar-refractivity contribution in [2.75, 3.05) is 53.5 Å². The summed E-state index contributed by atoms with van der Waals surface area (Å²) in [5.74, 6) is 1.75. The number of nitrogens with zero attached hydrogens (tertiary/aromatic N) is 2. The monoisotopic (exact) mass is 877 g/mol. The molecule has 0 fully saturated rings. The first kappa shape index (κ1) is 60.9. The van der Waals surface area contributed by atoms with E-state index in [2.05, 4.69) is 51.6 Å². The van der Waals surface area contributed by atoms with Crippen LogP contribution in [-0.2, 0) is 19.1 Å². The van der Waals surface area contributed by atoms with Gasteiger partial charge in [-0.15, -0.1) is 0 Å². The van der Waals surface area contributed by atoms with Gasteiger partial charge in [-0.3, -0.25) is 9.59 Å². The topological polar surface area (TPSA) is 59.1 Å². The van der Waals surface area contributed by atoms with Crippen LogP contribution in [0.25, 0.3) is 0 Å². The quantitative estimate of drug-likeness (QED) is 0.0448. The third-order valence-corrected chi connectivity index (χ3v) is 13.4. The summed E-state index contributed by atoms with van der Waals surface area (Å²) in [6.07, 6.45) is 49.7. The van der Waals surface area contributed by atoms with Crippen molar-refractivity contribution in [3.63, 3.8) is 0 Å². The van der Waals surface area contributed by atoms with Crippen molar-refractivity contribution in [3.8, 4) is 0 Å². The van der Waals surface area contributed by atoms with Crippen LogP contribution in [0, 0.1) is 11.8 Å². The first-order chi connectivity index (χ1) is 30.4. The molecule has 0 spiro atoms. The molecule has 0 saturated carbocycles. The van der Waals surface area contributed by atoms with E-state index in [0.29, 0.717) is 26.1 Å². The average molecular weight is 878 g/mol. The lowest BCUT2D eigenvalue weighted by Crippen LogP contribution is -2.28. The maximum absolute atomic E-state index is 12.4. The van der Waals surface area contributed by atoms with Crippen LogP contribution in [0.15, 0.2) is 0 Å². The number of rotatable bonds is 51. The molecule has 0 amide bonds. The van der Waals surface area contributed by atoms with E-state index in [4.69, 9.17) is 9.47 Å². The van der Waals surface area contributed by atoms with E-state index in [0.717, 1.165) is 56.9 Å². The molecule has 62 heavy (non-hydrogen) atoms. The van der Waals surface area contributed by atoms with Crippen molar-refractivity contribution in [3.05, 3.63) is 0 Å². The second kappa shape index (κ2) is 49.3. The highest BCUT2D eigenvalue weighted by atomic mass is 16.5. The van der Waals surface area contributed by atoms with E-state index in [9.17, 15) is 9.59 Å². The van der Waals surface area contributed by atoms with Crippen LogP contribution in [0.2, 0.25) is 0 Å². The van der Waals surface area contributed by atoms with Crippen molar-refractivity contribution >= 4 is 11.9 Å². The maximum Gasteiger partial charge on any atom is 0.305 e. The molecule has 0 aliphatic carbocycles. The summed E-state index contributed by atoms with van der Waals surface area (Å²) in [4.78, 5) is 29.8. The largest absolute Gasteiger partial charge is 0.466 e. The van der Waals surface area contributed by atoms with Crippen LogP contribution < -0.4 is 0 Å². The van der Waals surface area contributed by atoms with Gasteiger partial charge in [-0.05, 0) is 116 Å². The van der Waals surface area contributed by atoms with Gasteiger partial charge in [0.05, 0.1) is 13.2 Å². The van der Waals surface area contributed by atoms with Crippen LogP contribution in [0.5, 0.6) is 0 Å². The molecule has 0 atom stereocenters. The molecule has 6 heteroatoms. The Hall–Kier alpha value is -1.14. The van der Waals surface area contributed by atoms with Gasteiger partial charge in [0.15, 0.2) is 0 Å². The Morgan fingerprint density at radius 2 is 0.613 bits per heavy atom. The predicted octanol–water partition coefficient (Wildman–Crippen LogP) is 16.9. The van der Waals surface area contributed by atoms with E-state index in [1.807, 2.05) is 0 Å². The molecule has 0 N–H and O–H groups in total. The zero-order valence-corrected chi connectivity index (χ0v) is 43.2. The van der Waals surface area contributed by atoms with Gasteiger partial charge in [0.1, 0.15) is 0 Å². The summed E-state index contributed by atoms with van der Waals surface area (Å²) in [6.45, 7) is 15.1. The minimum absolute atomic E-state index is 0.00936. The van der Waals surface area contributed by atoms with Crippen molar-refractivity contribution in [1.29, 1.82) is 0 Å². The number of hydrogen-bond acceptors (Lipinski definition) is 6. The molecule has 0 bridgehead atoms. The van der Waals surface area contributed by atoms with Crippen LogP contribution >= 0.6 is 0 Å². The van der Waals surface area contributed by atoms with Gasteiger partial charge in [-0.2, -0.15) is 0 Å². The molecule has 0 aromatic carbocycles. The summed E-state index contributed by atoms with van der Waals surface area (Å²) in [6, 6.07) is 0. The number of carbonyl (C=O) groups is 2. The van der Waals surface area contributed by atoms with Gasteiger partial charge >= 0.3 is 11.9 Å². The SMILES string of the molecule is CCCCCCC(CCCCCC)CCCCOC(=O)CCCCCCCN(CCCCCCCC(=O)OCCCCC(CCCCCC)CCCCCC)CCCCN(C)C. The van der Waals surface area contributed by atoms with E-state index < -0.39 is 0 Å². The molecule has 0 aliphatic heterocycles. The minimum Gasteiger partial charge on any atom is -0.466 e. The Kier molecular flexibility index (Phi) is 48.4. The lowest BCUT2D eigenvalue weighted by molar-refractivity contribution is -0.144. The fourth-order valence-corrected chi connectivity index (χ4v) is 9.26. The summed E-state index contributed by atoms with van der Waals surface area (Å²) < 4.78 is 11.3. The lowest BCUT2D eigenvalue weighted by Gasteiger charge is -2.23. The van der Waals surface area contributed by atoms with Crippen LogP contribution in [0.3, 0.4) is 0 Å². The van der Waals surface area contributed by atoms with Crippen LogP contribution in [0.4, 0.5) is 0 Å². The Labute approximate surface area is 389 Å². The summed E-state index contributed by atoms with van der Waals surface area (Å²) in [5, 5.41) is 0. The van der Waals surface area contributed by atoms with Gasteiger partial charge in [0, 0.05) is 12.8 Å². The Morgan fingerprint density at radius 3 is 0.952 bits per heavy atom. The number of hydrogen-bond donors (Lipinski definition) is 0. The fourth-order valence-electron chi connectivity index (χ4n) is 9.26. The average Bonchev–Trinajstić information content (AvgIpc) is 3.26. The van der Waals surface area contributed by atoms with Crippen molar-refractivity contribution in [2.24, 2.45) is 11.8 Å². The molecule has 0 rings (SSSR count). The molecule has 370 valence electrons. The zero-order valence-electron chi connectivity index (χ0n) is 43.2. The molecular weight excluding hydrogens is 765 g/mol. The Morgan fingerprint density at radius 1 is 0.339 bits per heavy atom. The Bertz CT molecular complexity index is 824. The summed E-state index contributed by atoms with van der Waals surface area (Å²) in [5.41, 5.74) is 0. The van der Waals surface area contributed by atoms with Gasteiger partial charge < -0.3 is 19.3 Å². The first-order valence-electron chi connectivity index (χ1n) is 28.0. The van der Waals surface area contributed by atoms with Crippen LogP contribution in [-0.4, -0.2) is 75.2 Å². The number of carbonyl (C=O) groups excluding carboxylic acids is 2. The molecule has 0 aliphatic rings. The third kappa shape index (κ3) is 45.4. The highest BCUT2D eigenvalue weighted by Gasteiger charge is 2.12. The van der Waals surface area contributed by atoms with Crippen molar-refractivity contribution in [1.82, 2.24) is 9.80 Å². The van der Waals surface area contributed by atoms with Crippen molar-refractivity contribution in [2.45, 2.75) is 285 Å². The third-order valence-electron chi connectivity index (χ3n) is 13.4. The highest BCUT2D eigenvalue weighted by molar-refractivity contribution is 5.69. The molecule has 0 aromatic rings. The number of esters is 2.